The summed E-state index contributed by atoms with van der Waals surface area (Å²) in [5.74, 6) is 0. The Morgan fingerprint density at radius 2 is 1.65 bits per heavy atom. The molecule has 0 saturated heterocycles. The van der Waals surface area contributed by atoms with E-state index in [1.165, 1.54) is 43.4 Å². The van der Waals surface area contributed by atoms with Crippen molar-refractivity contribution in [3.05, 3.63) is 29.6 Å². The van der Waals surface area contributed by atoms with E-state index in [0.29, 0.717) is 0 Å². The maximum absolute atomic E-state index is 4.71. The molecule has 1 aromatic heterocycles. The molecule has 0 aromatic carbocycles. The predicted molar refractivity (Wildman–Crippen MR) is 75.4 cm³/mol. The van der Waals surface area contributed by atoms with E-state index in [4.69, 9.17) is 4.98 Å². The summed E-state index contributed by atoms with van der Waals surface area (Å²) in [7, 11) is 0. The highest BCUT2D eigenvalue weighted by molar-refractivity contribution is 5.20. The highest BCUT2D eigenvalue weighted by Crippen LogP contribution is 2.32. The fourth-order valence-electron chi connectivity index (χ4n) is 2.70. The Bertz CT molecular complexity index is 307. The third-order valence-corrected chi connectivity index (χ3v) is 3.59. The van der Waals surface area contributed by atoms with Crippen molar-refractivity contribution < 1.29 is 0 Å². The van der Waals surface area contributed by atoms with Crippen LogP contribution in [0, 0.1) is 0 Å². The second kappa shape index (κ2) is 6.78. The molecule has 0 spiro atoms. The van der Waals surface area contributed by atoms with E-state index in [0.717, 1.165) is 6.42 Å². The van der Waals surface area contributed by atoms with Crippen molar-refractivity contribution in [2.45, 2.75) is 71.6 Å². The lowest BCUT2D eigenvalue weighted by Crippen LogP contribution is -2.23. The molecule has 1 rings (SSSR count). The largest absolute Gasteiger partial charge is 0.260 e. The number of aryl methyl sites for hydroxylation is 1. The lowest BCUT2D eigenvalue weighted by Gasteiger charge is -2.28. The minimum absolute atomic E-state index is 0.272. The second-order valence-corrected chi connectivity index (χ2v) is 5.36. The van der Waals surface area contributed by atoms with Gasteiger partial charge in [-0.15, -0.1) is 0 Å². The Kier molecular flexibility index (Phi) is 5.67. The lowest BCUT2D eigenvalue weighted by atomic mass is 9.78. The summed E-state index contributed by atoms with van der Waals surface area (Å²) in [5.41, 5.74) is 2.92. The van der Waals surface area contributed by atoms with Gasteiger partial charge in [-0.2, -0.15) is 0 Å². The summed E-state index contributed by atoms with van der Waals surface area (Å²) in [6.45, 7) is 9.10. The quantitative estimate of drug-likeness (QED) is 0.653. The van der Waals surface area contributed by atoms with Crippen LogP contribution in [0.4, 0.5) is 0 Å². The average Bonchev–Trinajstić information content (AvgIpc) is 2.31. The summed E-state index contributed by atoms with van der Waals surface area (Å²) in [6.07, 6.45) is 9.35. The first-order chi connectivity index (χ1) is 8.16. The third kappa shape index (κ3) is 3.83. The minimum Gasteiger partial charge on any atom is -0.260 e. The molecule has 0 aliphatic carbocycles. The van der Waals surface area contributed by atoms with Crippen LogP contribution in [0.3, 0.4) is 0 Å². The molecule has 0 aliphatic heterocycles. The molecule has 0 atom stereocenters. The molecular weight excluding hydrogens is 206 g/mol. The van der Waals surface area contributed by atoms with Gasteiger partial charge in [0.25, 0.3) is 0 Å². The van der Waals surface area contributed by atoms with Gasteiger partial charge in [-0.1, -0.05) is 53.0 Å². The molecule has 0 N–H and O–H groups in total. The number of nitrogens with zero attached hydrogens (tertiary/aromatic N) is 1. The topological polar surface area (TPSA) is 12.9 Å². The van der Waals surface area contributed by atoms with Gasteiger partial charge in [-0.25, -0.2) is 0 Å². The summed E-state index contributed by atoms with van der Waals surface area (Å²) in [4.78, 5) is 4.71. The highest BCUT2D eigenvalue weighted by atomic mass is 14.7. The van der Waals surface area contributed by atoms with Crippen molar-refractivity contribution in [2.75, 3.05) is 0 Å². The van der Waals surface area contributed by atoms with Gasteiger partial charge in [0.05, 0.1) is 0 Å². The molecule has 1 nitrogen and oxygen atoms in total. The van der Waals surface area contributed by atoms with Crippen LogP contribution in [0.25, 0.3) is 0 Å². The zero-order chi connectivity index (χ0) is 12.7. The van der Waals surface area contributed by atoms with Crippen molar-refractivity contribution in [1.82, 2.24) is 4.98 Å². The van der Waals surface area contributed by atoms with Crippen LogP contribution < -0.4 is 0 Å². The molecule has 0 unspecified atom stereocenters. The Labute approximate surface area is 107 Å². The lowest BCUT2D eigenvalue weighted by molar-refractivity contribution is 0.381. The second-order valence-electron chi connectivity index (χ2n) is 5.36. The predicted octanol–water partition coefficient (Wildman–Crippen LogP) is 4.89. The maximum atomic E-state index is 4.71. The van der Waals surface area contributed by atoms with Crippen LogP contribution in [0.15, 0.2) is 18.3 Å². The van der Waals surface area contributed by atoms with Gasteiger partial charge in [0, 0.05) is 17.3 Å². The number of pyridine rings is 1. The molecule has 0 aliphatic rings. The van der Waals surface area contributed by atoms with Crippen molar-refractivity contribution in [3.8, 4) is 0 Å². The van der Waals surface area contributed by atoms with E-state index in [2.05, 4.69) is 46.0 Å². The van der Waals surface area contributed by atoms with Crippen LogP contribution in [0.2, 0.25) is 0 Å². The summed E-state index contributed by atoms with van der Waals surface area (Å²) < 4.78 is 0. The number of hydrogen-bond donors (Lipinski definition) is 0. The number of aromatic nitrogens is 1. The van der Waals surface area contributed by atoms with Gasteiger partial charge in [0.2, 0.25) is 0 Å². The van der Waals surface area contributed by atoms with E-state index in [-0.39, 0.29) is 5.41 Å². The standard InChI is InChI=1S/C16H27N/c1-5-8-14-9-10-15(17-13-14)16(4,11-6-2)12-7-3/h9-10,13H,5-8,11-12H2,1-4H3. The molecule has 96 valence electrons. The van der Waals surface area contributed by atoms with Crippen molar-refractivity contribution in [2.24, 2.45) is 0 Å². The maximum Gasteiger partial charge on any atom is 0.0462 e. The van der Waals surface area contributed by atoms with E-state index < -0.39 is 0 Å². The zero-order valence-electron chi connectivity index (χ0n) is 11.9. The molecule has 0 saturated carbocycles. The SMILES string of the molecule is CCCc1ccc(C(C)(CCC)CCC)nc1. The molecule has 1 aromatic rings. The molecular formula is C16H27N. The third-order valence-electron chi connectivity index (χ3n) is 3.59. The van der Waals surface area contributed by atoms with Gasteiger partial charge >= 0.3 is 0 Å². The monoisotopic (exact) mass is 233 g/mol. The highest BCUT2D eigenvalue weighted by Gasteiger charge is 2.25. The van der Waals surface area contributed by atoms with Crippen molar-refractivity contribution >= 4 is 0 Å². The van der Waals surface area contributed by atoms with Crippen molar-refractivity contribution in [3.63, 3.8) is 0 Å². The van der Waals surface area contributed by atoms with Crippen LogP contribution in [-0.4, -0.2) is 4.98 Å². The van der Waals surface area contributed by atoms with Gasteiger partial charge in [0.15, 0.2) is 0 Å². The van der Waals surface area contributed by atoms with Crippen LogP contribution in [0.1, 0.15) is 71.1 Å². The van der Waals surface area contributed by atoms with Crippen LogP contribution in [0.5, 0.6) is 0 Å². The molecule has 0 radical (unpaired) electrons. The smallest absolute Gasteiger partial charge is 0.0462 e. The molecule has 1 heterocycles. The number of rotatable bonds is 7. The number of hydrogen-bond acceptors (Lipinski definition) is 1. The Morgan fingerprint density at radius 3 is 2.06 bits per heavy atom. The van der Waals surface area contributed by atoms with Crippen LogP contribution in [-0.2, 0) is 11.8 Å². The molecule has 17 heavy (non-hydrogen) atoms. The normalized spacial score (nSPS) is 11.8. The zero-order valence-corrected chi connectivity index (χ0v) is 11.9. The first kappa shape index (κ1) is 14.2. The summed E-state index contributed by atoms with van der Waals surface area (Å²) in [5, 5.41) is 0. The fourth-order valence-corrected chi connectivity index (χ4v) is 2.70. The first-order valence-electron chi connectivity index (χ1n) is 7.11. The van der Waals surface area contributed by atoms with Crippen molar-refractivity contribution in [1.29, 1.82) is 0 Å². The fraction of sp³-hybridized carbons (Fsp3) is 0.688. The van der Waals surface area contributed by atoms with E-state index in [1.54, 1.807) is 0 Å². The van der Waals surface area contributed by atoms with Gasteiger partial charge < -0.3 is 0 Å². The first-order valence-corrected chi connectivity index (χ1v) is 7.11. The Morgan fingerprint density at radius 1 is 1.00 bits per heavy atom. The Hall–Kier alpha value is -0.850. The summed E-state index contributed by atoms with van der Waals surface area (Å²) in [6, 6.07) is 4.51. The average molecular weight is 233 g/mol. The minimum atomic E-state index is 0.272. The summed E-state index contributed by atoms with van der Waals surface area (Å²) >= 11 is 0. The molecule has 0 fully saturated rings. The Balaban J connectivity index is 2.87. The van der Waals surface area contributed by atoms with E-state index in [9.17, 15) is 0 Å². The van der Waals surface area contributed by atoms with E-state index >= 15 is 0 Å². The molecule has 1 heteroatoms. The van der Waals surface area contributed by atoms with E-state index in [1.807, 2.05) is 0 Å². The van der Waals surface area contributed by atoms with Crippen LogP contribution >= 0.6 is 0 Å². The van der Waals surface area contributed by atoms with Gasteiger partial charge in [0.1, 0.15) is 0 Å². The molecule has 0 bridgehead atoms. The van der Waals surface area contributed by atoms with Gasteiger partial charge in [-0.3, -0.25) is 4.98 Å². The van der Waals surface area contributed by atoms with Gasteiger partial charge in [-0.05, 0) is 30.9 Å². The molecule has 0 amide bonds.